The van der Waals surface area contributed by atoms with Gasteiger partial charge in [-0.1, -0.05) is 37.0 Å². The highest BCUT2D eigenvalue weighted by molar-refractivity contribution is 6.39. The van der Waals surface area contributed by atoms with E-state index in [2.05, 4.69) is 29.2 Å². The van der Waals surface area contributed by atoms with Gasteiger partial charge in [0, 0.05) is 19.4 Å². The lowest BCUT2D eigenvalue weighted by Gasteiger charge is -2.32. The average molecular weight is 392 g/mol. The van der Waals surface area contributed by atoms with Gasteiger partial charge >= 0.3 is 0 Å². The van der Waals surface area contributed by atoms with Crippen molar-refractivity contribution in [1.29, 1.82) is 0 Å². The number of rotatable bonds is 2. The van der Waals surface area contributed by atoms with Crippen LogP contribution in [-0.2, 0) is 19.9 Å². The maximum atomic E-state index is 12.5. The third kappa shape index (κ3) is 2.77. The molecule has 0 spiro atoms. The molecule has 0 radical (unpaired) electrons. The van der Waals surface area contributed by atoms with Crippen molar-refractivity contribution in [1.82, 2.24) is 19.7 Å². The van der Waals surface area contributed by atoms with Crippen LogP contribution in [0.2, 0.25) is 10.0 Å². The first kappa shape index (κ1) is 17.4. The second kappa shape index (κ2) is 5.99. The largest absolute Gasteiger partial charge is 0.337 e. The van der Waals surface area contributed by atoms with E-state index in [4.69, 9.17) is 28.2 Å². The fourth-order valence-corrected chi connectivity index (χ4v) is 4.11. The van der Waals surface area contributed by atoms with Crippen LogP contribution in [0.3, 0.4) is 0 Å². The predicted octanol–water partition coefficient (Wildman–Crippen LogP) is 4.22. The third-order valence-electron chi connectivity index (χ3n) is 5.01. The number of aromatic amines is 1. The van der Waals surface area contributed by atoms with Crippen LogP contribution in [0.15, 0.2) is 17.2 Å². The zero-order valence-corrected chi connectivity index (χ0v) is 16.3. The average Bonchev–Trinajstić information content (AvgIpc) is 2.84. The molecule has 4 rings (SSSR count). The minimum atomic E-state index is -0.101. The van der Waals surface area contributed by atoms with E-state index in [1.807, 2.05) is 0 Å². The number of nitrogens with one attached hydrogen (secondary N) is 2. The van der Waals surface area contributed by atoms with E-state index < -0.39 is 0 Å². The number of fused-ring (bicyclic) bond motifs is 3. The summed E-state index contributed by atoms with van der Waals surface area (Å²) in [6.07, 6.45) is 5.75. The van der Waals surface area contributed by atoms with E-state index in [-0.39, 0.29) is 11.0 Å². The van der Waals surface area contributed by atoms with Gasteiger partial charge in [-0.25, -0.2) is 4.98 Å². The molecule has 136 valence electrons. The molecule has 1 aliphatic carbocycles. The number of pyridine rings is 2. The van der Waals surface area contributed by atoms with Crippen LogP contribution >= 0.6 is 23.2 Å². The van der Waals surface area contributed by atoms with Gasteiger partial charge in [-0.3, -0.25) is 19.6 Å². The molecule has 3 aromatic rings. The Morgan fingerprint density at radius 3 is 2.62 bits per heavy atom. The molecule has 0 amide bonds. The van der Waals surface area contributed by atoms with E-state index in [9.17, 15) is 4.79 Å². The molecule has 0 unspecified atom stereocenters. The van der Waals surface area contributed by atoms with Crippen molar-refractivity contribution in [2.24, 2.45) is 12.5 Å². The molecule has 0 saturated heterocycles. The van der Waals surface area contributed by atoms with Crippen molar-refractivity contribution in [3.05, 3.63) is 43.9 Å². The summed E-state index contributed by atoms with van der Waals surface area (Å²) in [5.41, 5.74) is 3.33. The molecule has 0 bridgehead atoms. The van der Waals surface area contributed by atoms with Gasteiger partial charge < -0.3 is 5.32 Å². The number of hydrogen-bond acceptors (Lipinski definition) is 4. The number of anilines is 2. The first-order valence-electron chi connectivity index (χ1n) is 8.43. The van der Waals surface area contributed by atoms with Crippen LogP contribution in [0, 0.1) is 5.41 Å². The fourth-order valence-electron chi connectivity index (χ4n) is 3.65. The summed E-state index contributed by atoms with van der Waals surface area (Å²) < 4.78 is 1.65. The van der Waals surface area contributed by atoms with Crippen LogP contribution in [0.5, 0.6) is 0 Å². The molecule has 3 heterocycles. The smallest absolute Gasteiger partial charge is 0.273 e. The standard InChI is InChI=1S/C18H19Cl2N5O/c1-18(2)5-4-9-10(6-18)13-16(25(3)24-17(13)26)23-15(9)22-14-11(19)7-21-8-12(14)20/h7-8H,4-6H2,1-3H3,(H,24,26)(H,21,22,23). The lowest BCUT2D eigenvalue weighted by Crippen LogP contribution is -2.24. The molecule has 2 N–H and O–H groups in total. The van der Waals surface area contributed by atoms with E-state index >= 15 is 0 Å². The molecule has 0 saturated carbocycles. The van der Waals surface area contributed by atoms with Gasteiger partial charge in [-0.05, 0) is 35.8 Å². The van der Waals surface area contributed by atoms with Gasteiger partial charge in [0.15, 0.2) is 5.65 Å². The number of hydrogen-bond donors (Lipinski definition) is 2. The number of H-pyrrole nitrogens is 1. The second-order valence-electron chi connectivity index (χ2n) is 7.56. The highest BCUT2D eigenvalue weighted by atomic mass is 35.5. The third-order valence-corrected chi connectivity index (χ3v) is 5.58. The number of nitrogens with zero attached hydrogens (tertiary/aromatic N) is 3. The zero-order valence-electron chi connectivity index (χ0n) is 14.8. The lowest BCUT2D eigenvalue weighted by atomic mass is 9.74. The second-order valence-corrected chi connectivity index (χ2v) is 8.37. The maximum absolute atomic E-state index is 12.5. The van der Waals surface area contributed by atoms with Gasteiger partial charge in [0.2, 0.25) is 0 Å². The fraction of sp³-hybridized carbons (Fsp3) is 0.389. The summed E-state index contributed by atoms with van der Waals surface area (Å²) in [5.74, 6) is 0.688. The van der Waals surface area contributed by atoms with E-state index in [1.54, 1.807) is 11.7 Å². The molecule has 3 aromatic heterocycles. The van der Waals surface area contributed by atoms with Crippen LogP contribution in [0.25, 0.3) is 11.0 Å². The van der Waals surface area contributed by atoms with E-state index in [0.717, 1.165) is 30.4 Å². The normalized spacial score (nSPS) is 15.9. The molecule has 0 fully saturated rings. The van der Waals surface area contributed by atoms with Crippen molar-refractivity contribution in [2.45, 2.75) is 33.1 Å². The number of aromatic nitrogens is 4. The van der Waals surface area contributed by atoms with Crippen molar-refractivity contribution in [3.63, 3.8) is 0 Å². The monoisotopic (exact) mass is 391 g/mol. The Morgan fingerprint density at radius 1 is 1.23 bits per heavy atom. The Bertz CT molecular complexity index is 1060. The Labute approximate surface area is 160 Å². The Hall–Kier alpha value is -2.05. The van der Waals surface area contributed by atoms with Crippen molar-refractivity contribution >= 4 is 45.7 Å². The van der Waals surface area contributed by atoms with Crippen molar-refractivity contribution in [2.75, 3.05) is 5.32 Å². The predicted molar refractivity (Wildman–Crippen MR) is 105 cm³/mol. The SMILES string of the molecule is Cn1[nH]c(=O)c2c3c(c(Nc4c(Cl)cncc4Cl)nc21)CCC(C)(C)C3. The summed E-state index contributed by atoms with van der Waals surface area (Å²) in [6, 6.07) is 0. The molecule has 1 aliphatic rings. The van der Waals surface area contributed by atoms with Gasteiger partial charge in [-0.15, -0.1) is 0 Å². The molecule has 26 heavy (non-hydrogen) atoms. The first-order chi connectivity index (χ1) is 12.3. The summed E-state index contributed by atoms with van der Waals surface area (Å²) in [6.45, 7) is 4.45. The highest BCUT2D eigenvalue weighted by Gasteiger charge is 2.31. The zero-order chi connectivity index (χ0) is 18.6. The molecule has 0 atom stereocenters. The van der Waals surface area contributed by atoms with E-state index in [0.29, 0.717) is 32.6 Å². The Balaban J connectivity index is 1.96. The van der Waals surface area contributed by atoms with Gasteiger partial charge in [0.25, 0.3) is 5.56 Å². The van der Waals surface area contributed by atoms with Crippen LogP contribution in [0.4, 0.5) is 11.5 Å². The van der Waals surface area contributed by atoms with Crippen LogP contribution in [-0.4, -0.2) is 19.7 Å². The van der Waals surface area contributed by atoms with Crippen molar-refractivity contribution < 1.29 is 0 Å². The minimum Gasteiger partial charge on any atom is -0.337 e. The molecule has 0 aliphatic heterocycles. The Kier molecular flexibility index (Phi) is 4.00. The minimum absolute atomic E-state index is 0.101. The van der Waals surface area contributed by atoms with Gasteiger partial charge in [0.05, 0.1) is 21.1 Å². The quantitative estimate of drug-likeness (QED) is 0.685. The maximum Gasteiger partial charge on any atom is 0.273 e. The van der Waals surface area contributed by atoms with Gasteiger partial charge in [-0.2, -0.15) is 0 Å². The van der Waals surface area contributed by atoms with E-state index in [1.165, 1.54) is 12.4 Å². The molecular weight excluding hydrogens is 373 g/mol. The number of aryl methyl sites for hydroxylation is 1. The van der Waals surface area contributed by atoms with Crippen LogP contribution < -0.4 is 10.9 Å². The summed E-state index contributed by atoms with van der Waals surface area (Å²) in [7, 11) is 1.78. The number of halogens is 2. The summed E-state index contributed by atoms with van der Waals surface area (Å²) in [4.78, 5) is 21.2. The lowest BCUT2D eigenvalue weighted by molar-refractivity contribution is 0.317. The molecule has 6 nitrogen and oxygen atoms in total. The van der Waals surface area contributed by atoms with Crippen LogP contribution in [0.1, 0.15) is 31.4 Å². The van der Waals surface area contributed by atoms with Gasteiger partial charge in [0.1, 0.15) is 5.82 Å². The first-order valence-corrected chi connectivity index (χ1v) is 9.19. The molecular formula is C18H19Cl2N5O. The summed E-state index contributed by atoms with van der Waals surface area (Å²) in [5, 5.41) is 7.62. The topological polar surface area (TPSA) is 75.6 Å². The molecule has 0 aromatic carbocycles. The van der Waals surface area contributed by atoms with Crippen molar-refractivity contribution in [3.8, 4) is 0 Å². The molecule has 8 heteroatoms. The Morgan fingerprint density at radius 2 is 1.92 bits per heavy atom. The highest BCUT2D eigenvalue weighted by Crippen LogP contribution is 2.41. The summed E-state index contributed by atoms with van der Waals surface area (Å²) >= 11 is 12.5.